The van der Waals surface area contributed by atoms with Crippen molar-refractivity contribution in [2.24, 2.45) is 0 Å². The summed E-state index contributed by atoms with van der Waals surface area (Å²) in [5, 5.41) is 48.8. The van der Waals surface area contributed by atoms with E-state index >= 15 is 0 Å². The fourth-order valence-corrected chi connectivity index (χ4v) is 7.29. The fourth-order valence-electron chi connectivity index (χ4n) is 7.29. The number of hydrogen-bond acceptors (Lipinski definition) is 8. The van der Waals surface area contributed by atoms with Crippen molar-refractivity contribution < 1.29 is 25.4 Å². The fraction of sp³-hybridized carbons (Fsp3) is 0.885. The average Bonchev–Trinajstić information content (AvgIpc) is 2.95. The smallest absolute Gasteiger partial charge is 0.161 e. The molecular formula is C26H45N3O5. The number of aliphatic hydroxyl groups is 2. The Balaban J connectivity index is 1.44. The van der Waals surface area contributed by atoms with Crippen LogP contribution in [0.15, 0.2) is 11.6 Å². The first-order valence-electron chi connectivity index (χ1n) is 13.2. The van der Waals surface area contributed by atoms with Crippen LogP contribution in [-0.2, 0) is 4.79 Å². The largest absolute Gasteiger partial charge is 0.393 e. The summed E-state index contributed by atoms with van der Waals surface area (Å²) in [4.78, 5) is 13.1. The molecule has 5 N–H and O–H groups in total. The van der Waals surface area contributed by atoms with Crippen molar-refractivity contribution in [2.45, 2.75) is 139 Å². The van der Waals surface area contributed by atoms with Crippen molar-refractivity contribution in [1.82, 2.24) is 15.4 Å². The lowest BCUT2D eigenvalue weighted by atomic mass is 9.64. The van der Waals surface area contributed by atoms with Gasteiger partial charge in [-0.05, 0) is 91.9 Å². The molecule has 0 unspecified atom stereocenters. The third kappa shape index (κ3) is 4.63. The predicted molar refractivity (Wildman–Crippen MR) is 129 cm³/mol. The van der Waals surface area contributed by atoms with Gasteiger partial charge < -0.3 is 25.9 Å². The Morgan fingerprint density at radius 2 is 1.38 bits per heavy atom. The van der Waals surface area contributed by atoms with E-state index in [2.05, 4.69) is 5.32 Å². The summed E-state index contributed by atoms with van der Waals surface area (Å²) in [5.74, 6) is 0.0488. The molecule has 0 aromatic rings. The molecular weight excluding hydrogens is 434 g/mol. The highest BCUT2D eigenvalue weighted by Gasteiger charge is 2.55. The number of piperidine rings is 1. The van der Waals surface area contributed by atoms with Gasteiger partial charge in [0.15, 0.2) is 5.78 Å². The van der Waals surface area contributed by atoms with E-state index < -0.39 is 11.1 Å². The normalized spacial score (nSPS) is 40.6. The molecule has 2 aliphatic carbocycles. The zero-order chi connectivity index (χ0) is 24.9. The lowest BCUT2D eigenvalue weighted by molar-refractivity contribution is -0.286. The van der Waals surface area contributed by atoms with E-state index in [-0.39, 0.29) is 35.1 Å². The van der Waals surface area contributed by atoms with Gasteiger partial charge in [-0.25, -0.2) is 0 Å². The molecule has 8 heteroatoms. The molecule has 34 heavy (non-hydrogen) atoms. The molecule has 2 spiro atoms. The van der Waals surface area contributed by atoms with Gasteiger partial charge in [0, 0.05) is 35.7 Å². The van der Waals surface area contributed by atoms with Crippen LogP contribution in [0.4, 0.5) is 0 Å². The van der Waals surface area contributed by atoms with Crippen LogP contribution in [-0.4, -0.2) is 83.5 Å². The Morgan fingerprint density at radius 1 is 0.912 bits per heavy atom. The van der Waals surface area contributed by atoms with Gasteiger partial charge in [-0.1, -0.05) is 6.08 Å². The third-order valence-corrected chi connectivity index (χ3v) is 9.24. The van der Waals surface area contributed by atoms with Crippen molar-refractivity contribution in [3.63, 3.8) is 0 Å². The first kappa shape index (κ1) is 26.2. The second-order valence-electron chi connectivity index (χ2n) is 12.5. The van der Waals surface area contributed by atoms with Gasteiger partial charge in [-0.3, -0.25) is 4.79 Å². The van der Waals surface area contributed by atoms with Crippen molar-refractivity contribution in [1.29, 1.82) is 0 Å². The van der Waals surface area contributed by atoms with Gasteiger partial charge >= 0.3 is 0 Å². The van der Waals surface area contributed by atoms with Gasteiger partial charge in [-0.2, -0.15) is 10.1 Å². The Labute approximate surface area is 203 Å². The van der Waals surface area contributed by atoms with Gasteiger partial charge in [0.1, 0.15) is 0 Å². The Kier molecular flexibility index (Phi) is 7.10. The number of aliphatic hydroxyl groups excluding tert-OH is 2. The summed E-state index contributed by atoms with van der Waals surface area (Å²) >= 11 is 0. The molecule has 2 heterocycles. The topological polar surface area (TPSA) is 116 Å². The lowest BCUT2D eigenvalue weighted by Gasteiger charge is -2.60. The lowest BCUT2D eigenvalue weighted by Crippen LogP contribution is -2.68. The number of carbonyl (C=O) groups excluding carboxylic acids is 1. The molecule has 0 atom stereocenters. The van der Waals surface area contributed by atoms with Crippen molar-refractivity contribution >= 4 is 5.78 Å². The van der Waals surface area contributed by atoms with Crippen molar-refractivity contribution in [2.75, 3.05) is 6.54 Å². The minimum Gasteiger partial charge on any atom is -0.393 e. The summed E-state index contributed by atoms with van der Waals surface area (Å²) in [6, 6.07) is 0.165. The summed E-state index contributed by atoms with van der Waals surface area (Å²) in [6.07, 6.45) is 9.03. The van der Waals surface area contributed by atoms with Gasteiger partial charge in [0.25, 0.3) is 0 Å². The van der Waals surface area contributed by atoms with Crippen LogP contribution >= 0.6 is 0 Å². The maximum atomic E-state index is 13.1. The molecule has 8 nitrogen and oxygen atoms in total. The molecule has 4 rings (SSSR count). The molecule has 194 valence electrons. The molecule has 3 fully saturated rings. The number of rotatable bonds is 5. The minimum absolute atomic E-state index is 0.0488. The van der Waals surface area contributed by atoms with E-state index in [1.807, 2.05) is 33.8 Å². The molecule has 0 aromatic heterocycles. The molecule has 1 saturated heterocycles. The quantitative estimate of drug-likeness (QED) is 0.409. The average molecular weight is 480 g/mol. The number of hydroxylamine groups is 4. The van der Waals surface area contributed by atoms with E-state index in [9.17, 15) is 25.4 Å². The molecule has 0 bridgehead atoms. The number of carbonyl (C=O) groups is 1. The van der Waals surface area contributed by atoms with E-state index in [0.29, 0.717) is 44.2 Å². The second kappa shape index (κ2) is 9.21. The van der Waals surface area contributed by atoms with Crippen LogP contribution in [0.2, 0.25) is 0 Å². The summed E-state index contributed by atoms with van der Waals surface area (Å²) in [6.45, 7) is 8.09. The first-order valence-corrected chi connectivity index (χ1v) is 13.2. The number of hydrogen-bond donors (Lipinski definition) is 5. The first-order chi connectivity index (χ1) is 15.8. The molecule has 2 aliphatic heterocycles. The Morgan fingerprint density at radius 3 is 1.79 bits per heavy atom. The van der Waals surface area contributed by atoms with Crippen LogP contribution in [0.3, 0.4) is 0 Å². The highest BCUT2D eigenvalue weighted by Crippen LogP contribution is 2.50. The number of nitrogens with zero attached hydrogens (tertiary/aromatic N) is 2. The van der Waals surface area contributed by atoms with Crippen LogP contribution in [0.1, 0.15) is 98.3 Å². The van der Waals surface area contributed by atoms with Gasteiger partial charge in [0.05, 0.1) is 23.3 Å². The van der Waals surface area contributed by atoms with Crippen LogP contribution in [0.5, 0.6) is 0 Å². The predicted octanol–water partition coefficient (Wildman–Crippen LogP) is 2.92. The van der Waals surface area contributed by atoms with Crippen LogP contribution in [0, 0.1) is 0 Å². The SMILES string of the molecule is CC1(C)C=C(C(=O)CCNC2CC3(CCC(O)CC3)N(O)C3(CCC(O)CC3)C2)C(C)(C)N1O. The van der Waals surface area contributed by atoms with Crippen LogP contribution < -0.4 is 5.32 Å². The zero-order valence-corrected chi connectivity index (χ0v) is 21.4. The highest BCUT2D eigenvalue weighted by molar-refractivity contribution is 5.98. The van der Waals surface area contributed by atoms with Crippen molar-refractivity contribution in [3.05, 3.63) is 11.6 Å². The maximum absolute atomic E-state index is 13.1. The molecule has 4 aliphatic rings. The molecule has 0 radical (unpaired) electrons. The van der Waals surface area contributed by atoms with Gasteiger partial charge in [0.2, 0.25) is 0 Å². The third-order valence-electron chi connectivity index (χ3n) is 9.24. The molecule has 0 aromatic carbocycles. The van der Waals surface area contributed by atoms with E-state index in [0.717, 1.165) is 38.5 Å². The van der Waals surface area contributed by atoms with Crippen molar-refractivity contribution in [3.8, 4) is 0 Å². The molecule has 2 saturated carbocycles. The number of ketones is 1. The minimum atomic E-state index is -0.719. The summed E-state index contributed by atoms with van der Waals surface area (Å²) < 4.78 is 0. The Hall–Kier alpha value is -0.870. The zero-order valence-electron chi connectivity index (χ0n) is 21.4. The monoisotopic (exact) mass is 479 g/mol. The molecule has 0 amide bonds. The standard InChI is InChI=1S/C26H45N3O5/c1-23(2)17-21(24(3,4)28(23)33)22(32)9-14-27-18-15-25(10-5-19(30)6-11-25)29(34)26(16-18)12-7-20(31)8-13-26/h17-20,27,30-31,33-34H,5-16H2,1-4H3. The van der Waals surface area contributed by atoms with E-state index in [1.165, 1.54) is 5.06 Å². The highest BCUT2D eigenvalue weighted by atomic mass is 16.5. The summed E-state index contributed by atoms with van der Waals surface area (Å²) in [7, 11) is 0. The second-order valence-corrected chi connectivity index (χ2v) is 12.5. The Bertz CT molecular complexity index is 762. The number of nitrogens with one attached hydrogen (secondary N) is 1. The summed E-state index contributed by atoms with van der Waals surface area (Å²) in [5.41, 5.74) is -1.37. The van der Waals surface area contributed by atoms with Gasteiger partial charge in [-0.15, -0.1) is 0 Å². The number of Topliss-reactive ketones (excluding diaryl/α,β-unsaturated/α-hetero) is 1. The van der Waals surface area contributed by atoms with Crippen LogP contribution in [0.25, 0.3) is 0 Å². The van der Waals surface area contributed by atoms with E-state index in [4.69, 9.17) is 0 Å². The maximum Gasteiger partial charge on any atom is 0.161 e. The van der Waals surface area contributed by atoms with E-state index in [1.54, 1.807) is 5.06 Å².